The average molecular weight is 427 g/mol. The first-order chi connectivity index (χ1) is 15.6. The third kappa shape index (κ3) is 4.13. The summed E-state index contributed by atoms with van der Waals surface area (Å²) in [7, 11) is 2.77. The molecule has 0 saturated heterocycles. The number of hydrogen-bond donors (Lipinski definition) is 0. The molecule has 2 aromatic carbocycles. The zero-order valence-corrected chi connectivity index (χ0v) is 17.6. The summed E-state index contributed by atoms with van der Waals surface area (Å²) in [6.45, 7) is 0. The monoisotopic (exact) mass is 427 g/mol. The van der Waals surface area contributed by atoms with Gasteiger partial charge in [0.2, 0.25) is 0 Å². The molecule has 0 radical (unpaired) electrons. The predicted octanol–water partition coefficient (Wildman–Crippen LogP) is 3.45. The largest absolute Gasteiger partial charge is 0.493 e. The highest BCUT2D eigenvalue weighted by Crippen LogP contribution is 2.23. The van der Waals surface area contributed by atoms with Crippen molar-refractivity contribution in [3.63, 3.8) is 0 Å². The van der Waals surface area contributed by atoms with Gasteiger partial charge in [-0.25, -0.2) is 9.78 Å². The van der Waals surface area contributed by atoms with Crippen molar-refractivity contribution in [2.24, 2.45) is 4.99 Å². The molecule has 2 heterocycles. The lowest BCUT2D eigenvalue weighted by Gasteiger charge is -2.15. The van der Waals surface area contributed by atoms with Crippen molar-refractivity contribution in [3.05, 3.63) is 112 Å². The van der Waals surface area contributed by atoms with Crippen LogP contribution in [0, 0.1) is 0 Å². The Morgan fingerprint density at radius 2 is 1.56 bits per heavy atom. The first-order valence-corrected chi connectivity index (χ1v) is 9.95. The van der Waals surface area contributed by atoms with Crippen molar-refractivity contribution in [3.8, 4) is 5.75 Å². The van der Waals surface area contributed by atoms with Crippen LogP contribution in [0.25, 0.3) is 5.65 Å². The Balaban J connectivity index is 1.95. The third-order valence-corrected chi connectivity index (χ3v) is 4.95. The number of methoxy groups -OCH3 is 2. The second kappa shape index (κ2) is 9.26. The minimum atomic E-state index is -1.14. The van der Waals surface area contributed by atoms with Gasteiger partial charge in [0.15, 0.2) is 17.4 Å². The maximum atomic E-state index is 12.8. The Hall–Kier alpha value is -4.26. The van der Waals surface area contributed by atoms with E-state index in [-0.39, 0.29) is 11.3 Å². The Bertz CT molecular complexity index is 1290. The molecule has 0 amide bonds. The summed E-state index contributed by atoms with van der Waals surface area (Å²) in [4.78, 5) is 34.9. The van der Waals surface area contributed by atoms with Gasteiger partial charge in [-0.2, -0.15) is 0 Å². The predicted molar refractivity (Wildman–Crippen MR) is 121 cm³/mol. The number of hydrogen-bond acceptors (Lipinski definition) is 6. The van der Waals surface area contributed by atoms with Crippen LogP contribution in [0.2, 0.25) is 0 Å². The first-order valence-electron chi connectivity index (χ1n) is 9.95. The fourth-order valence-electron chi connectivity index (χ4n) is 3.41. The second-order valence-corrected chi connectivity index (χ2v) is 6.92. The van der Waals surface area contributed by atoms with E-state index in [2.05, 4.69) is 4.98 Å². The SMILES string of the molecule is COC(=O)C(N=C(c1ccccc1)c1ccccc1)c1cc(=O)n2cccc(OC)c2n1. The van der Waals surface area contributed by atoms with E-state index in [0.29, 0.717) is 17.1 Å². The molecule has 0 bridgehead atoms. The topological polar surface area (TPSA) is 82.3 Å². The van der Waals surface area contributed by atoms with Gasteiger partial charge in [0.25, 0.3) is 5.56 Å². The molecule has 0 aliphatic heterocycles. The van der Waals surface area contributed by atoms with Crippen molar-refractivity contribution >= 4 is 17.3 Å². The molecule has 1 unspecified atom stereocenters. The Labute approximate surface area is 184 Å². The molecule has 4 aromatic rings. The molecule has 0 saturated carbocycles. The lowest BCUT2D eigenvalue weighted by atomic mass is 10.0. The van der Waals surface area contributed by atoms with Gasteiger partial charge in [-0.1, -0.05) is 60.7 Å². The van der Waals surface area contributed by atoms with Crippen LogP contribution in [0.3, 0.4) is 0 Å². The lowest BCUT2D eigenvalue weighted by molar-refractivity contribution is -0.142. The quantitative estimate of drug-likeness (QED) is 0.348. The van der Waals surface area contributed by atoms with E-state index in [1.807, 2.05) is 60.7 Å². The molecule has 0 spiro atoms. The van der Waals surface area contributed by atoms with Gasteiger partial charge in [0, 0.05) is 23.4 Å². The molecule has 7 heteroatoms. The number of rotatable bonds is 6. The van der Waals surface area contributed by atoms with Crippen molar-refractivity contribution in [1.82, 2.24) is 9.38 Å². The molecule has 0 aliphatic carbocycles. The van der Waals surface area contributed by atoms with Crippen LogP contribution in [0.1, 0.15) is 22.9 Å². The van der Waals surface area contributed by atoms with Gasteiger partial charge in [0.05, 0.1) is 25.6 Å². The summed E-state index contributed by atoms with van der Waals surface area (Å²) in [6, 6.07) is 22.6. The van der Waals surface area contributed by atoms with Crippen molar-refractivity contribution in [2.45, 2.75) is 6.04 Å². The van der Waals surface area contributed by atoms with E-state index >= 15 is 0 Å². The minimum absolute atomic E-state index is 0.177. The summed E-state index contributed by atoms with van der Waals surface area (Å²) < 4.78 is 11.7. The van der Waals surface area contributed by atoms with Crippen molar-refractivity contribution in [1.29, 1.82) is 0 Å². The number of nitrogens with zero attached hydrogens (tertiary/aromatic N) is 3. The van der Waals surface area contributed by atoms with E-state index in [9.17, 15) is 9.59 Å². The van der Waals surface area contributed by atoms with Crippen LogP contribution in [-0.4, -0.2) is 35.3 Å². The Morgan fingerprint density at radius 3 is 2.12 bits per heavy atom. The number of pyridine rings is 1. The molecule has 2 aromatic heterocycles. The van der Waals surface area contributed by atoms with E-state index < -0.39 is 12.0 Å². The van der Waals surface area contributed by atoms with Crippen molar-refractivity contribution < 1.29 is 14.3 Å². The molecule has 0 aliphatic rings. The highest BCUT2D eigenvalue weighted by Gasteiger charge is 2.25. The van der Waals surface area contributed by atoms with Crippen LogP contribution in [-0.2, 0) is 9.53 Å². The summed E-state index contributed by atoms with van der Waals surface area (Å²) in [5.74, 6) is -0.217. The highest BCUT2D eigenvalue weighted by atomic mass is 16.5. The van der Waals surface area contributed by atoms with Gasteiger partial charge in [-0.3, -0.25) is 14.2 Å². The molecular formula is C25H21N3O4. The number of fused-ring (bicyclic) bond motifs is 1. The number of carbonyl (C=O) groups excluding carboxylic acids is 1. The molecule has 32 heavy (non-hydrogen) atoms. The molecule has 0 N–H and O–H groups in total. The molecule has 0 fully saturated rings. The van der Waals surface area contributed by atoms with E-state index in [1.165, 1.54) is 24.7 Å². The Kier molecular flexibility index (Phi) is 6.07. The van der Waals surface area contributed by atoms with Gasteiger partial charge >= 0.3 is 5.97 Å². The Morgan fingerprint density at radius 1 is 0.938 bits per heavy atom. The number of carbonyl (C=O) groups is 1. The normalized spacial score (nSPS) is 11.6. The molecule has 160 valence electrons. The molecular weight excluding hydrogens is 406 g/mol. The van der Waals surface area contributed by atoms with Gasteiger partial charge in [-0.05, 0) is 12.1 Å². The average Bonchev–Trinajstić information content (AvgIpc) is 2.85. The summed E-state index contributed by atoms with van der Waals surface area (Å²) in [6.07, 6.45) is 1.59. The number of aromatic nitrogens is 2. The van der Waals surface area contributed by atoms with Crippen LogP contribution < -0.4 is 10.3 Å². The summed E-state index contributed by atoms with van der Waals surface area (Å²) >= 11 is 0. The van der Waals surface area contributed by atoms with Crippen LogP contribution in [0.15, 0.2) is 94.8 Å². The smallest absolute Gasteiger partial charge is 0.336 e. The van der Waals surface area contributed by atoms with Crippen LogP contribution in [0.4, 0.5) is 0 Å². The highest BCUT2D eigenvalue weighted by molar-refractivity contribution is 6.13. The standard InChI is InChI=1S/C25H21N3O4/c1-31-20-14-9-15-28-21(29)16-19(26-24(20)28)23(25(30)32-2)27-22(17-10-5-3-6-11-17)18-12-7-4-8-13-18/h3-16,23H,1-2H3. The maximum absolute atomic E-state index is 12.8. The van der Waals surface area contributed by atoms with Gasteiger partial charge in [-0.15, -0.1) is 0 Å². The first kappa shape index (κ1) is 21.0. The van der Waals surface area contributed by atoms with Crippen LogP contribution in [0.5, 0.6) is 5.75 Å². The number of ether oxygens (including phenoxy) is 2. The van der Waals surface area contributed by atoms with Crippen LogP contribution >= 0.6 is 0 Å². The van der Waals surface area contributed by atoms with E-state index in [0.717, 1.165) is 11.1 Å². The molecule has 4 rings (SSSR count). The van der Waals surface area contributed by atoms with Gasteiger partial charge in [0.1, 0.15) is 0 Å². The van der Waals surface area contributed by atoms with Crippen molar-refractivity contribution in [2.75, 3.05) is 14.2 Å². The number of esters is 1. The van der Waals surface area contributed by atoms with Gasteiger partial charge < -0.3 is 9.47 Å². The van der Waals surface area contributed by atoms with E-state index in [4.69, 9.17) is 14.5 Å². The fraction of sp³-hybridized carbons (Fsp3) is 0.120. The van der Waals surface area contributed by atoms with E-state index in [1.54, 1.807) is 18.3 Å². The fourth-order valence-corrected chi connectivity index (χ4v) is 3.41. The summed E-state index contributed by atoms with van der Waals surface area (Å²) in [5, 5.41) is 0. The number of aliphatic imine (C=N–C) groups is 1. The lowest BCUT2D eigenvalue weighted by Crippen LogP contribution is -2.22. The molecule has 7 nitrogen and oxygen atoms in total. The summed E-state index contributed by atoms with van der Waals surface area (Å²) in [5.41, 5.74) is 2.35. The second-order valence-electron chi connectivity index (χ2n) is 6.92. The third-order valence-electron chi connectivity index (χ3n) is 4.95. The number of benzene rings is 2. The zero-order valence-electron chi connectivity index (χ0n) is 17.6. The zero-order chi connectivity index (χ0) is 22.5. The minimum Gasteiger partial charge on any atom is -0.493 e. The molecule has 1 atom stereocenters. The maximum Gasteiger partial charge on any atom is 0.336 e.